The first-order valence-electron chi connectivity index (χ1n) is 7.56. The van der Waals surface area contributed by atoms with E-state index in [9.17, 15) is 5.11 Å². The van der Waals surface area contributed by atoms with Crippen LogP contribution in [0.15, 0.2) is 60.7 Å². The molecule has 0 aliphatic carbocycles. The minimum absolute atomic E-state index is 0.481. The quantitative estimate of drug-likeness (QED) is 0.846. The van der Waals surface area contributed by atoms with Crippen molar-refractivity contribution in [3.63, 3.8) is 0 Å². The lowest BCUT2D eigenvalue weighted by molar-refractivity contribution is -0.0161. The Morgan fingerprint density at radius 3 is 2.00 bits per heavy atom. The molecule has 1 atom stereocenters. The second-order valence-electron chi connectivity index (χ2n) is 5.58. The average molecular weight is 280 g/mol. The van der Waals surface area contributed by atoms with Gasteiger partial charge >= 0.3 is 0 Å². The first kappa shape index (κ1) is 14.3. The Morgan fingerprint density at radius 2 is 1.38 bits per heavy atom. The fourth-order valence-corrected chi connectivity index (χ4v) is 2.84. The summed E-state index contributed by atoms with van der Waals surface area (Å²) in [4.78, 5) is 4.60. The SMILES string of the molecule is OC(c1ccccc1)N1CCN(Bc2ccccc2)CC1. The Balaban J connectivity index is 1.53. The number of nitrogens with zero attached hydrogens (tertiary/aromatic N) is 2. The molecule has 0 aromatic heterocycles. The molecule has 0 radical (unpaired) electrons. The first-order chi connectivity index (χ1) is 10.3. The van der Waals surface area contributed by atoms with E-state index in [1.54, 1.807) is 0 Å². The van der Waals surface area contributed by atoms with Crippen molar-refractivity contribution in [3.8, 4) is 0 Å². The van der Waals surface area contributed by atoms with E-state index in [2.05, 4.69) is 40.0 Å². The molecule has 1 aliphatic heterocycles. The number of hydrogen-bond acceptors (Lipinski definition) is 3. The highest BCUT2D eigenvalue weighted by Crippen LogP contribution is 2.18. The summed E-state index contributed by atoms with van der Waals surface area (Å²) in [5, 5.41) is 10.4. The minimum Gasteiger partial charge on any atom is -0.374 e. The molecule has 2 aromatic rings. The van der Waals surface area contributed by atoms with Crippen LogP contribution < -0.4 is 5.46 Å². The van der Waals surface area contributed by atoms with Gasteiger partial charge in [0.1, 0.15) is 6.23 Å². The highest BCUT2D eigenvalue weighted by Gasteiger charge is 2.23. The van der Waals surface area contributed by atoms with Crippen molar-refractivity contribution in [2.24, 2.45) is 0 Å². The van der Waals surface area contributed by atoms with Gasteiger partial charge < -0.3 is 9.92 Å². The normalized spacial score (nSPS) is 18.3. The maximum atomic E-state index is 10.4. The first-order valence-corrected chi connectivity index (χ1v) is 7.56. The smallest absolute Gasteiger partial charge is 0.238 e. The summed E-state index contributed by atoms with van der Waals surface area (Å²) in [6.07, 6.45) is -0.481. The zero-order chi connectivity index (χ0) is 14.5. The molecule has 0 bridgehead atoms. The molecule has 0 saturated carbocycles. The highest BCUT2D eigenvalue weighted by atomic mass is 16.3. The molecule has 1 N–H and O–H groups in total. The Labute approximate surface area is 127 Å². The van der Waals surface area contributed by atoms with Crippen LogP contribution in [0.5, 0.6) is 0 Å². The fraction of sp³-hybridized carbons (Fsp3) is 0.294. The molecule has 0 spiro atoms. The van der Waals surface area contributed by atoms with Crippen LogP contribution >= 0.6 is 0 Å². The van der Waals surface area contributed by atoms with Crippen LogP contribution in [0.2, 0.25) is 0 Å². The third-order valence-corrected chi connectivity index (χ3v) is 4.10. The maximum absolute atomic E-state index is 10.4. The van der Waals surface area contributed by atoms with Gasteiger partial charge in [-0.2, -0.15) is 0 Å². The molecule has 21 heavy (non-hydrogen) atoms. The second-order valence-corrected chi connectivity index (χ2v) is 5.58. The van der Waals surface area contributed by atoms with Crippen molar-refractivity contribution in [2.45, 2.75) is 6.23 Å². The molecule has 1 fully saturated rings. The van der Waals surface area contributed by atoms with E-state index >= 15 is 0 Å². The molecule has 1 heterocycles. The fourth-order valence-electron chi connectivity index (χ4n) is 2.84. The molecule has 1 saturated heterocycles. The van der Waals surface area contributed by atoms with Gasteiger partial charge in [0.2, 0.25) is 7.41 Å². The highest BCUT2D eigenvalue weighted by molar-refractivity contribution is 6.50. The van der Waals surface area contributed by atoms with Crippen molar-refractivity contribution in [2.75, 3.05) is 26.2 Å². The van der Waals surface area contributed by atoms with Crippen LogP contribution in [0.3, 0.4) is 0 Å². The predicted molar refractivity (Wildman–Crippen MR) is 87.8 cm³/mol. The van der Waals surface area contributed by atoms with Gasteiger partial charge in [0, 0.05) is 26.2 Å². The number of hydrogen-bond donors (Lipinski definition) is 1. The van der Waals surface area contributed by atoms with Gasteiger partial charge in [-0.05, 0) is 5.56 Å². The average Bonchev–Trinajstić information content (AvgIpc) is 2.57. The number of aliphatic hydroxyl groups is 1. The van der Waals surface area contributed by atoms with Gasteiger partial charge in [-0.15, -0.1) is 0 Å². The van der Waals surface area contributed by atoms with Crippen molar-refractivity contribution in [1.82, 2.24) is 9.71 Å². The van der Waals surface area contributed by atoms with Gasteiger partial charge in [-0.25, -0.2) is 0 Å². The van der Waals surface area contributed by atoms with E-state index in [1.165, 1.54) is 5.46 Å². The second kappa shape index (κ2) is 6.90. The van der Waals surface area contributed by atoms with Gasteiger partial charge in [-0.3, -0.25) is 4.90 Å². The Morgan fingerprint density at radius 1 is 0.810 bits per heavy atom. The maximum Gasteiger partial charge on any atom is 0.238 e. The summed E-state index contributed by atoms with van der Waals surface area (Å²) in [5.41, 5.74) is 2.34. The molecule has 2 aromatic carbocycles. The lowest BCUT2D eigenvalue weighted by Crippen LogP contribution is -2.51. The van der Waals surface area contributed by atoms with E-state index in [1.807, 2.05) is 30.3 Å². The summed E-state index contributed by atoms with van der Waals surface area (Å²) in [7, 11) is 0.996. The van der Waals surface area contributed by atoms with Crippen LogP contribution in [-0.2, 0) is 0 Å². The molecule has 3 rings (SSSR count). The summed E-state index contributed by atoms with van der Waals surface area (Å²) in [6, 6.07) is 20.5. The number of aliphatic hydroxyl groups excluding tert-OH is 1. The number of rotatable bonds is 4. The summed E-state index contributed by atoms with van der Waals surface area (Å²) >= 11 is 0. The monoisotopic (exact) mass is 280 g/mol. The van der Waals surface area contributed by atoms with E-state index in [4.69, 9.17) is 0 Å². The van der Waals surface area contributed by atoms with Crippen LogP contribution in [0.1, 0.15) is 11.8 Å². The van der Waals surface area contributed by atoms with E-state index in [0.717, 1.165) is 39.2 Å². The molecule has 1 aliphatic rings. The lowest BCUT2D eigenvalue weighted by atomic mass is 9.80. The van der Waals surface area contributed by atoms with Crippen LogP contribution in [0, 0.1) is 0 Å². The Kier molecular flexibility index (Phi) is 4.71. The van der Waals surface area contributed by atoms with Crippen molar-refractivity contribution in [1.29, 1.82) is 0 Å². The molecule has 3 nitrogen and oxygen atoms in total. The van der Waals surface area contributed by atoms with E-state index in [0.29, 0.717) is 0 Å². The topological polar surface area (TPSA) is 26.7 Å². The van der Waals surface area contributed by atoms with E-state index < -0.39 is 6.23 Å². The minimum atomic E-state index is -0.481. The number of piperazine rings is 1. The number of benzene rings is 2. The Hall–Kier alpha value is -1.62. The molecule has 0 amide bonds. The zero-order valence-corrected chi connectivity index (χ0v) is 12.2. The summed E-state index contributed by atoms with van der Waals surface area (Å²) in [6.45, 7) is 3.81. The van der Waals surface area contributed by atoms with Gasteiger partial charge in [0.25, 0.3) is 0 Å². The van der Waals surface area contributed by atoms with Gasteiger partial charge in [0.15, 0.2) is 0 Å². The third kappa shape index (κ3) is 3.73. The standard InChI is InChI=1S/C17H21BN2O/c21-17(15-7-3-1-4-8-15)19-11-13-20(14-12-19)18-16-9-5-2-6-10-16/h1-10,17-18,21H,11-14H2. The predicted octanol–water partition coefficient (Wildman–Crippen LogP) is 0.972. The van der Waals surface area contributed by atoms with Gasteiger partial charge in [0.05, 0.1) is 0 Å². The van der Waals surface area contributed by atoms with Crippen LogP contribution in [-0.4, -0.2) is 48.4 Å². The largest absolute Gasteiger partial charge is 0.374 e. The van der Waals surface area contributed by atoms with Crippen molar-refractivity contribution >= 4 is 12.9 Å². The molecule has 4 heteroatoms. The van der Waals surface area contributed by atoms with Crippen molar-refractivity contribution < 1.29 is 5.11 Å². The van der Waals surface area contributed by atoms with E-state index in [-0.39, 0.29) is 0 Å². The summed E-state index contributed by atoms with van der Waals surface area (Å²) in [5.74, 6) is 0. The van der Waals surface area contributed by atoms with Crippen LogP contribution in [0.4, 0.5) is 0 Å². The molecular formula is C17H21BN2O. The van der Waals surface area contributed by atoms with Gasteiger partial charge in [-0.1, -0.05) is 66.1 Å². The van der Waals surface area contributed by atoms with Crippen molar-refractivity contribution in [3.05, 3.63) is 66.2 Å². The molecular weight excluding hydrogens is 259 g/mol. The molecule has 108 valence electrons. The third-order valence-electron chi connectivity index (χ3n) is 4.10. The summed E-state index contributed by atoms with van der Waals surface area (Å²) < 4.78 is 0. The molecule has 1 unspecified atom stereocenters. The lowest BCUT2D eigenvalue weighted by Gasteiger charge is -2.37. The zero-order valence-electron chi connectivity index (χ0n) is 12.2. The Bertz CT molecular complexity index is 541. The van der Waals surface area contributed by atoms with Crippen LogP contribution in [0.25, 0.3) is 0 Å².